The molecule has 1 aromatic heterocycles. The summed E-state index contributed by atoms with van der Waals surface area (Å²) in [6.45, 7) is 15.5. The molecule has 0 N–H and O–H groups in total. The van der Waals surface area contributed by atoms with E-state index in [1.807, 2.05) is 81.7 Å². The molecule has 0 saturated heterocycles. The minimum Gasteiger partial charge on any atom is -0.236 e. The summed E-state index contributed by atoms with van der Waals surface area (Å²) in [5.74, 6) is -0.889. The van der Waals surface area contributed by atoms with E-state index in [4.69, 9.17) is 0 Å². The normalized spacial score (nSPS) is 10.2. The van der Waals surface area contributed by atoms with Crippen LogP contribution in [-0.4, -0.2) is 9.97 Å². The van der Waals surface area contributed by atoms with E-state index in [0.717, 1.165) is 39.2 Å². The maximum atomic E-state index is 13.8. The fraction of sp³-hybridized carbons (Fsp3) is 0.209. The van der Waals surface area contributed by atoms with Crippen LogP contribution in [0.25, 0.3) is 33.6 Å². The Labute approximate surface area is 284 Å². The molecule has 6 rings (SSSR count). The molecule has 0 fully saturated rings. The summed E-state index contributed by atoms with van der Waals surface area (Å²) in [4.78, 5) is 8.53. The van der Waals surface area contributed by atoms with Crippen molar-refractivity contribution >= 4 is 0 Å². The second-order valence-electron chi connectivity index (χ2n) is 12.1. The van der Waals surface area contributed by atoms with Gasteiger partial charge < -0.3 is 0 Å². The molecule has 0 atom stereocenters. The molecule has 0 aliphatic carbocycles. The molecule has 0 aliphatic rings. The molecule has 0 amide bonds. The van der Waals surface area contributed by atoms with Crippen molar-refractivity contribution in [2.75, 3.05) is 0 Å². The summed E-state index contributed by atoms with van der Waals surface area (Å²) in [6, 6.07) is 28.6. The lowest BCUT2D eigenvalue weighted by atomic mass is 9.99. The predicted molar refractivity (Wildman–Crippen MR) is 196 cm³/mol. The lowest BCUT2D eigenvalue weighted by molar-refractivity contribution is 0.505. The monoisotopic (exact) mass is 646 g/mol. The predicted octanol–water partition coefficient (Wildman–Crippen LogP) is 12.4. The largest absolute Gasteiger partial charge is 0.236 e. The molecule has 0 saturated carbocycles. The SMILES string of the molecule is C.Cc1ccc(-c2ccc(C)c(F)c2)cc1C.Cc1ccc(-c2ccc(C)c(F)c2F)cc1C.Cc1ccc(-c2ncc(C)cn2)cc1. The standard InChI is InChI=1S/C15H14F2.C15H15F.C12H12N2.CH4/c1-9-4-6-12(8-11(9)3)13-7-5-10(2)14(16)15(13)17;1-10-4-6-13(8-12(10)3)14-7-5-11(2)15(16)9-14;1-9-3-5-11(6-4-9)12-13-7-10(2)8-14-12;/h4-8H,1-3H3;4-9H,1-3H3;3-8H,1-2H3;1H4. The first kappa shape index (κ1) is 37.4. The Morgan fingerprint density at radius 2 is 0.854 bits per heavy atom. The number of halogens is 3. The van der Waals surface area contributed by atoms with Crippen molar-refractivity contribution in [3.05, 3.63) is 165 Å². The van der Waals surface area contributed by atoms with Gasteiger partial charge in [0.05, 0.1) is 0 Å². The third kappa shape index (κ3) is 9.51. The molecule has 0 bridgehead atoms. The van der Waals surface area contributed by atoms with Gasteiger partial charge in [-0.1, -0.05) is 97.9 Å². The van der Waals surface area contributed by atoms with Crippen molar-refractivity contribution < 1.29 is 13.2 Å². The Hall–Kier alpha value is -5.03. The van der Waals surface area contributed by atoms with Crippen LogP contribution >= 0.6 is 0 Å². The van der Waals surface area contributed by atoms with Crippen molar-refractivity contribution in [3.63, 3.8) is 0 Å². The van der Waals surface area contributed by atoms with E-state index in [2.05, 4.69) is 55.0 Å². The summed E-state index contributed by atoms with van der Waals surface area (Å²) < 4.78 is 40.7. The number of aromatic nitrogens is 2. The third-order valence-electron chi connectivity index (χ3n) is 8.20. The van der Waals surface area contributed by atoms with Crippen LogP contribution in [0.2, 0.25) is 0 Å². The van der Waals surface area contributed by atoms with Crippen LogP contribution in [0.5, 0.6) is 0 Å². The molecule has 5 heteroatoms. The smallest absolute Gasteiger partial charge is 0.166 e. The van der Waals surface area contributed by atoms with E-state index in [1.165, 1.54) is 16.7 Å². The first-order chi connectivity index (χ1) is 22.3. The average molecular weight is 647 g/mol. The summed E-state index contributed by atoms with van der Waals surface area (Å²) in [5.41, 5.74) is 12.2. The molecule has 0 unspecified atom stereocenters. The van der Waals surface area contributed by atoms with E-state index >= 15 is 0 Å². The van der Waals surface area contributed by atoms with Crippen molar-refractivity contribution in [1.82, 2.24) is 9.97 Å². The van der Waals surface area contributed by atoms with Crippen LogP contribution in [0.3, 0.4) is 0 Å². The topological polar surface area (TPSA) is 25.8 Å². The Morgan fingerprint density at radius 1 is 0.396 bits per heavy atom. The van der Waals surface area contributed by atoms with Gasteiger partial charge >= 0.3 is 0 Å². The quantitative estimate of drug-likeness (QED) is 0.191. The Bertz CT molecular complexity index is 1890. The maximum absolute atomic E-state index is 13.8. The summed E-state index contributed by atoms with van der Waals surface area (Å²) in [5, 5.41) is 0. The van der Waals surface area contributed by atoms with Crippen molar-refractivity contribution in [1.29, 1.82) is 0 Å². The number of rotatable bonds is 3. The van der Waals surface area contributed by atoms with E-state index < -0.39 is 11.6 Å². The lowest BCUT2D eigenvalue weighted by Crippen LogP contribution is -1.93. The molecule has 1 heterocycles. The van der Waals surface area contributed by atoms with Crippen molar-refractivity contribution in [3.8, 4) is 33.6 Å². The zero-order valence-corrected chi connectivity index (χ0v) is 28.3. The average Bonchev–Trinajstić information content (AvgIpc) is 3.05. The number of aryl methyl sites for hydroxylation is 8. The zero-order chi connectivity index (χ0) is 34.2. The zero-order valence-electron chi connectivity index (χ0n) is 28.3. The maximum Gasteiger partial charge on any atom is 0.166 e. The molecule has 0 aliphatic heterocycles. The van der Waals surface area contributed by atoms with Crippen LogP contribution < -0.4 is 0 Å². The second kappa shape index (κ2) is 16.7. The van der Waals surface area contributed by atoms with E-state index in [9.17, 15) is 13.2 Å². The van der Waals surface area contributed by atoms with Gasteiger partial charge in [-0.15, -0.1) is 0 Å². The van der Waals surface area contributed by atoms with Gasteiger partial charge in [-0.3, -0.25) is 0 Å². The first-order valence-corrected chi connectivity index (χ1v) is 15.6. The first-order valence-electron chi connectivity index (χ1n) is 15.6. The Balaban J connectivity index is 0.000000194. The van der Waals surface area contributed by atoms with Gasteiger partial charge in [0.15, 0.2) is 17.5 Å². The van der Waals surface area contributed by atoms with Gasteiger partial charge in [0.1, 0.15) is 5.82 Å². The number of hydrogen-bond donors (Lipinski definition) is 0. The minimum absolute atomic E-state index is 0. The van der Waals surface area contributed by atoms with E-state index in [0.29, 0.717) is 22.3 Å². The minimum atomic E-state index is -0.770. The van der Waals surface area contributed by atoms with Crippen LogP contribution in [-0.2, 0) is 0 Å². The van der Waals surface area contributed by atoms with Crippen LogP contribution in [0.15, 0.2) is 103 Å². The fourth-order valence-electron chi connectivity index (χ4n) is 4.72. The van der Waals surface area contributed by atoms with Gasteiger partial charge in [-0.05, 0) is 117 Å². The Kier molecular flexibility index (Phi) is 13.0. The van der Waals surface area contributed by atoms with E-state index in [-0.39, 0.29) is 13.2 Å². The molecular weight excluding hydrogens is 601 g/mol. The highest BCUT2D eigenvalue weighted by Gasteiger charge is 2.12. The summed E-state index contributed by atoms with van der Waals surface area (Å²) >= 11 is 0. The number of nitrogens with zero attached hydrogens (tertiary/aromatic N) is 2. The Morgan fingerprint density at radius 3 is 1.40 bits per heavy atom. The summed E-state index contributed by atoms with van der Waals surface area (Å²) in [6.07, 6.45) is 3.67. The molecule has 5 aromatic carbocycles. The molecule has 2 nitrogen and oxygen atoms in total. The highest BCUT2D eigenvalue weighted by molar-refractivity contribution is 5.66. The number of hydrogen-bond acceptors (Lipinski definition) is 2. The van der Waals surface area contributed by atoms with Gasteiger partial charge in [-0.2, -0.15) is 0 Å². The van der Waals surface area contributed by atoms with Gasteiger partial charge in [0.25, 0.3) is 0 Å². The van der Waals surface area contributed by atoms with Gasteiger partial charge in [0.2, 0.25) is 0 Å². The molecule has 0 spiro atoms. The van der Waals surface area contributed by atoms with Crippen LogP contribution in [0.4, 0.5) is 13.2 Å². The fourth-order valence-corrected chi connectivity index (χ4v) is 4.72. The van der Waals surface area contributed by atoms with Crippen LogP contribution in [0, 0.1) is 72.8 Å². The summed E-state index contributed by atoms with van der Waals surface area (Å²) in [7, 11) is 0. The third-order valence-corrected chi connectivity index (χ3v) is 8.20. The van der Waals surface area contributed by atoms with Gasteiger partial charge in [-0.25, -0.2) is 23.1 Å². The van der Waals surface area contributed by atoms with Gasteiger partial charge in [0, 0.05) is 23.5 Å². The molecule has 0 radical (unpaired) electrons. The number of benzene rings is 5. The molecule has 48 heavy (non-hydrogen) atoms. The second-order valence-corrected chi connectivity index (χ2v) is 12.1. The van der Waals surface area contributed by atoms with Crippen molar-refractivity contribution in [2.45, 2.75) is 62.8 Å². The highest BCUT2D eigenvalue weighted by atomic mass is 19.2. The molecule has 248 valence electrons. The van der Waals surface area contributed by atoms with E-state index in [1.54, 1.807) is 32.0 Å². The van der Waals surface area contributed by atoms with Crippen molar-refractivity contribution in [2.24, 2.45) is 0 Å². The highest BCUT2D eigenvalue weighted by Crippen LogP contribution is 2.28. The molecular formula is C43H45F3N2. The molecule has 6 aromatic rings. The van der Waals surface area contributed by atoms with Crippen LogP contribution in [0.1, 0.15) is 51.9 Å². The lowest BCUT2D eigenvalue weighted by Gasteiger charge is -2.08.